The lowest BCUT2D eigenvalue weighted by atomic mass is 10.1. The molecule has 0 spiro atoms. The molecule has 0 aliphatic rings. The van der Waals surface area contributed by atoms with Crippen LogP contribution in [0.1, 0.15) is 5.69 Å². The number of aryl methyl sites for hydroxylation is 1. The van der Waals surface area contributed by atoms with Crippen LogP contribution in [0.2, 0.25) is 0 Å². The van der Waals surface area contributed by atoms with E-state index < -0.39 is 20.0 Å². The molecule has 0 fully saturated rings. The molecule has 0 atom stereocenters. The molecule has 33 heavy (non-hydrogen) atoms. The fourth-order valence-corrected chi connectivity index (χ4v) is 5.06. The van der Waals surface area contributed by atoms with Gasteiger partial charge in [-0.2, -0.15) is 0 Å². The normalized spacial score (nSPS) is 11.7. The van der Waals surface area contributed by atoms with Crippen LogP contribution in [0.15, 0.2) is 101 Å². The van der Waals surface area contributed by atoms with Crippen molar-refractivity contribution in [1.29, 1.82) is 0 Å². The molecule has 0 bridgehead atoms. The maximum Gasteiger partial charge on any atom is 0.264 e. The van der Waals surface area contributed by atoms with E-state index in [0.29, 0.717) is 5.69 Å². The second-order valence-corrected chi connectivity index (χ2v) is 10.5. The van der Waals surface area contributed by atoms with Crippen LogP contribution >= 0.6 is 0 Å². The number of hydrogen-bond acceptors (Lipinski definition) is 6. The molecule has 3 aromatic carbocycles. The zero-order chi connectivity index (χ0) is 23.5. The van der Waals surface area contributed by atoms with Gasteiger partial charge in [0.25, 0.3) is 20.0 Å². The standard InChI is InChI=1S/C23H20N4O4S2/c1-17-15-16-24-23(25-17)27-33(30,31)22-13-9-20(10-14-22)26-32(28,29)21-11-7-19(8-12-21)18-5-3-2-4-6-18/h2-16,26H,1H3,(H,24,25,27). The first kappa shape index (κ1) is 22.4. The van der Waals surface area contributed by atoms with Crippen molar-refractivity contribution in [3.05, 3.63) is 96.8 Å². The van der Waals surface area contributed by atoms with E-state index in [1.807, 2.05) is 30.3 Å². The van der Waals surface area contributed by atoms with Gasteiger partial charge in [-0.15, -0.1) is 0 Å². The van der Waals surface area contributed by atoms with Crippen molar-refractivity contribution in [2.45, 2.75) is 16.7 Å². The molecule has 0 aliphatic heterocycles. The van der Waals surface area contributed by atoms with E-state index in [0.717, 1.165) is 11.1 Å². The third-order valence-electron chi connectivity index (χ3n) is 4.71. The minimum absolute atomic E-state index is 0.0428. The van der Waals surface area contributed by atoms with Gasteiger partial charge >= 0.3 is 0 Å². The molecule has 1 aromatic heterocycles. The van der Waals surface area contributed by atoms with Crippen LogP contribution < -0.4 is 9.44 Å². The Kier molecular flexibility index (Phi) is 6.12. The Morgan fingerprint density at radius 1 is 0.636 bits per heavy atom. The van der Waals surface area contributed by atoms with E-state index in [1.165, 1.54) is 42.6 Å². The van der Waals surface area contributed by atoms with Crippen molar-refractivity contribution in [3.63, 3.8) is 0 Å². The summed E-state index contributed by atoms with van der Waals surface area (Å²) >= 11 is 0. The Morgan fingerprint density at radius 3 is 1.79 bits per heavy atom. The molecular weight excluding hydrogens is 460 g/mol. The van der Waals surface area contributed by atoms with Crippen molar-refractivity contribution in [3.8, 4) is 11.1 Å². The maximum absolute atomic E-state index is 12.7. The Hall–Kier alpha value is -3.76. The summed E-state index contributed by atoms with van der Waals surface area (Å²) in [6, 6.07) is 23.1. The zero-order valence-corrected chi connectivity index (χ0v) is 19.1. The molecule has 0 saturated heterocycles. The van der Waals surface area contributed by atoms with Gasteiger partial charge in [0.15, 0.2) is 0 Å². The van der Waals surface area contributed by atoms with Crippen LogP contribution in [0.4, 0.5) is 11.6 Å². The third-order valence-corrected chi connectivity index (χ3v) is 7.45. The molecule has 1 heterocycles. The Balaban J connectivity index is 1.49. The van der Waals surface area contributed by atoms with Gasteiger partial charge < -0.3 is 0 Å². The van der Waals surface area contributed by atoms with Gasteiger partial charge in [-0.1, -0.05) is 42.5 Å². The predicted octanol–water partition coefficient (Wildman–Crippen LogP) is 4.05. The summed E-state index contributed by atoms with van der Waals surface area (Å²) in [5.74, 6) is -0.0428. The lowest BCUT2D eigenvalue weighted by Crippen LogP contribution is -2.16. The van der Waals surface area contributed by atoms with E-state index in [2.05, 4.69) is 19.4 Å². The zero-order valence-electron chi connectivity index (χ0n) is 17.5. The smallest absolute Gasteiger partial charge is 0.264 e. The van der Waals surface area contributed by atoms with Crippen LogP contribution in [0.25, 0.3) is 11.1 Å². The quantitative estimate of drug-likeness (QED) is 0.412. The third kappa shape index (κ3) is 5.36. The fourth-order valence-electron chi connectivity index (χ4n) is 3.05. The SMILES string of the molecule is Cc1ccnc(NS(=O)(=O)c2ccc(NS(=O)(=O)c3ccc(-c4ccccc4)cc3)cc2)n1. The van der Waals surface area contributed by atoms with E-state index in [-0.39, 0.29) is 21.4 Å². The number of rotatable bonds is 7. The monoisotopic (exact) mass is 480 g/mol. The number of nitrogens with zero attached hydrogens (tertiary/aromatic N) is 2. The van der Waals surface area contributed by atoms with Crippen LogP contribution in [-0.4, -0.2) is 26.8 Å². The average molecular weight is 481 g/mol. The number of sulfonamides is 2. The molecule has 8 nitrogen and oxygen atoms in total. The molecule has 168 valence electrons. The maximum atomic E-state index is 12.7. The summed E-state index contributed by atoms with van der Waals surface area (Å²) < 4.78 is 55.4. The first-order valence-electron chi connectivity index (χ1n) is 9.84. The predicted molar refractivity (Wildman–Crippen MR) is 127 cm³/mol. The Morgan fingerprint density at radius 2 is 1.18 bits per heavy atom. The second kappa shape index (κ2) is 9.00. The van der Waals surface area contributed by atoms with Gasteiger partial charge in [-0.3, -0.25) is 4.72 Å². The van der Waals surface area contributed by atoms with Crippen LogP contribution in [0, 0.1) is 6.92 Å². The van der Waals surface area contributed by atoms with Crippen molar-refractivity contribution in [2.75, 3.05) is 9.44 Å². The van der Waals surface area contributed by atoms with Crippen molar-refractivity contribution < 1.29 is 16.8 Å². The molecule has 0 saturated carbocycles. The van der Waals surface area contributed by atoms with E-state index >= 15 is 0 Å². The van der Waals surface area contributed by atoms with Crippen LogP contribution in [0.3, 0.4) is 0 Å². The van der Waals surface area contributed by atoms with Crippen molar-refractivity contribution in [2.24, 2.45) is 0 Å². The molecule has 0 unspecified atom stereocenters. The lowest BCUT2D eigenvalue weighted by molar-refractivity contribution is 0.599. The molecule has 4 rings (SSSR count). The minimum Gasteiger partial charge on any atom is -0.280 e. The molecule has 0 amide bonds. The van der Waals surface area contributed by atoms with Gasteiger partial charge in [0, 0.05) is 17.6 Å². The first-order chi connectivity index (χ1) is 15.7. The Labute approximate surface area is 192 Å². The number of nitrogens with one attached hydrogen (secondary N) is 2. The molecular formula is C23H20N4O4S2. The van der Waals surface area contributed by atoms with Crippen molar-refractivity contribution >= 4 is 31.7 Å². The summed E-state index contributed by atoms with van der Waals surface area (Å²) in [5, 5.41) is 0. The van der Waals surface area contributed by atoms with Gasteiger partial charge in [0.05, 0.1) is 9.79 Å². The van der Waals surface area contributed by atoms with Gasteiger partial charge in [0.2, 0.25) is 5.95 Å². The van der Waals surface area contributed by atoms with Crippen LogP contribution in [0.5, 0.6) is 0 Å². The largest absolute Gasteiger partial charge is 0.280 e. The van der Waals surface area contributed by atoms with Gasteiger partial charge in [0.1, 0.15) is 0 Å². The van der Waals surface area contributed by atoms with Crippen molar-refractivity contribution in [1.82, 2.24) is 9.97 Å². The molecule has 4 aromatic rings. The first-order valence-corrected chi connectivity index (χ1v) is 12.8. The molecule has 0 aliphatic carbocycles. The summed E-state index contributed by atoms with van der Waals surface area (Å²) in [4.78, 5) is 7.94. The topological polar surface area (TPSA) is 118 Å². The summed E-state index contributed by atoms with van der Waals surface area (Å²) in [6.45, 7) is 1.72. The highest BCUT2D eigenvalue weighted by atomic mass is 32.2. The number of anilines is 2. The number of hydrogen-bond donors (Lipinski definition) is 2. The summed E-state index contributed by atoms with van der Waals surface area (Å²) in [7, 11) is -7.78. The van der Waals surface area contributed by atoms with E-state index in [9.17, 15) is 16.8 Å². The minimum atomic E-state index is -3.93. The Bertz CT molecular complexity index is 1470. The summed E-state index contributed by atoms with van der Waals surface area (Å²) in [6.07, 6.45) is 1.45. The average Bonchev–Trinajstić information content (AvgIpc) is 2.80. The van der Waals surface area contributed by atoms with Gasteiger partial charge in [-0.05, 0) is 60.5 Å². The van der Waals surface area contributed by atoms with Crippen LogP contribution in [-0.2, 0) is 20.0 Å². The fraction of sp³-hybridized carbons (Fsp3) is 0.0435. The lowest BCUT2D eigenvalue weighted by Gasteiger charge is -2.11. The number of aromatic nitrogens is 2. The van der Waals surface area contributed by atoms with Gasteiger partial charge in [-0.25, -0.2) is 31.5 Å². The van der Waals surface area contributed by atoms with E-state index in [4.69, 9.17) is 0 Å². The highest BCUT2D eigenvalue weighted by Crippen LogP contribution is 2.23. The second-order valence-electron chi connectivity index (χ2n) is 7.15. The number of benzene rings is 3. The molecule has 2 N–H and O–H groups in total. The molecule has 0 radical (unpaired) electrons. The van der Waals surface area contributed by atoms with E-state index in [1.54, 1.807) is 25.1 Å². The summed E-state index contributed by atoms with van der Waals surface area (Å²) in [5.41, 5.74) is 2.72. The highest BCUT2D eigenvalue weighted by Gasteiger charge is 2.18. The molecule has 10 heteroatoms. The highest BCUT2D eigenvalue weighted by molar-refractivity contribution is 7.93.